The van der Waals surface area contributed by atoms with Crippen molar-refractivity contribution in [3.05, 3.63) is 37.9 Å². The van der Waals surface area contributed by atoms with Crippen LogP contribution in [0, 0.1) is 13.8 Å². The first kappa shape index (κ1) is 17.7. The van der Waals surface area contributed by atoms with Gasteiger partial charge in [-0.1, -0.05) is 0 Å². The molecule has 0 atom stereocenters. The molecule has 0 unspecified atom stereocenters. The van der Waals surface area contributed by atoms with Crippen molar-refractivity contribution in [3.63, 3.8) is 0 Å². The number of hydrogen-bond donors (Lipinski definition) is 1. The van der Waals surface area contributed by atoms with Crippen LogP contribution in [0.25, 0.3) is 5.69 Å². The molecule has 3 rings (SSSR count). The summed E-state index contributed by atoms with van der Waals surface area (Å²) in [6.07, 6.45) is 2.49. The van der Waals surface area contributed by atoms with Crippen molar-refractivity contribution < 1.29 is 21.2 Å². The van der Waals surface area contributed by atoms with E-state index in [1.807, 2.05) is 4.68 Å². The maximum atomic E-state index is 6.60. The van der Waals surface area contributed by atoms with Crippen molar-refractivity contribution in [2.75, 3.05) is 14.6 Å². The normalized spacial score (nSPS) is 17.8. The molecule has 1 aliphatic heterocycles. The molecule has 1 aliphatic rings. The molecule has 0 aliphatic carbocycles. The van der Waals surface area contributed by atoms with Gasteiger partial charge in [-0.15, -0.1) is 0 Å². The Hall–Kier alpha value is -0.0800. The molecule has 2 heterocycles. The van der Waals surface area contributed by atoms with E-state index in [9.17, 15) is 0 Å². The predicted octanol–water partition coefficient (Wildman–Crippen LogP) is 1.74. The van der Waals surface area contributed by atoms with Crippen LogP contribution in [0.2, 0.25) is 0 Å². The van der Waals surface area contributed by atoms with E-state index in [1.165, 1.54) is 32.8 Å². The fraction of sp³-hybridized carbons (Fsp3) is 0.471. The maximum absolute atomic E-state index is 6.60. The van der Waals surface area contributed by atoms with Gasteiger partial charge in [0.1, 0.15) is 0 Å². The van der Waals surface area contributed by atoms with Crippen LogP contribution in [-0.2, 0) is 5.41 Å². The zero-order chi connectivity index (χ0) is 16.8. The van der Waals surface area contributed by atoms with E-state index >= 15 is 0 Å². The summed E-state index contributed by atoms with van der Waals surface area (Å²) in [7, 11) is 0. The fourth-order valence-corrected chi connectivity index (χ4v) is 8.81. The number of aryl methyl sites for hydroxylation is 2. The molecule has 0 amide bonds. The van der Waals surface area contributed by atoms with Gasteiger partial charge in [0, 0.05) is 0 Å². The molecule has 0 spiro atoms. The average Bonchev–Trinajstić information content (AvgIpc) is 2.74. The van der Waals surface area contributed by atoms with Gasteiger partial charge in [0.25, 0.3) is 0 Å². The average molecular weight is 554 g/mol. The Morgan fingerprint density at radius 2 is 1.74 bits per heavy atom. The molecule has 6 heteroatoms. The number of nitrogens with two attached hydrogens (primary N) is 1. The SMILES string of the molecule is Cc1cc(Br)c(-n2nc(C)c(C3(C)CC[I-]CC3)c2N)c(Br)c1. The van der Waals surface area contributed by atoms with Gasteiger partial charge in [0.15, 0.2) is 0 Å². The molecule has 126 valence electrons. The molecule has 1 saturated heterocycles. The van der Waals surface area contributed by atoms with Crippen molar-refractivity contribution in [2.24, 2.45) is 0 Å². The molecule has 1 fully saturated rings. The number of anilines is 1. The Morgan fingerprint density at radius 3 is 2.30 bits per heavy atom. The minimum absolute atomic E-state index is 0.175. The summed E-state index contributed by atoms with van der Waals surface area (Å²) in [6, 6.07) is 4.20. The first-order valence-corrected chi connectivity index (χ1v) is 12.3. The molecule has 2 N–H and O–H groups in total. The van der Waals surface area contributed by atoms with Gasteiger partial charge in [-0.05, 0) is 0 Å². The van der Waals surface area contributed by atoms with E-state index in [0.717, 1.165) is 26.1 Å². The molecular formula is C17H21Br2IN3-. The number of alkyl halides is 2. The summed E-state index contributed by atoms with van der Waals surface area (Å²) in [6.45, 7) is 6.53. The molecule has 0 bridgehead atoms. The van der Waals surface area contributed by atoms with Crippen LogP contribution in [0.4, 0.5) is 5.82 Å². The molecule has 0 radical (unpaired) electrons. The molecule has 3 nitrogen and oxygen atoms in total. The molecule has 1 aromatic heterocycles. The number of benzene rings is 1. The van der Waals surface area contributed by atoms with Gasteiger partial charge in [-0.3, -0.25) is 0 Å². The van der Waals surface area contributed by atoms with Crippen molar-refractivity contribution in [1.82, 2.24) is 9.78 Å². The van der Waals surface area contributed by atoms with E-state index in [2.05, 4.69) is 64.8 Å². The summed E-state index contributed by atoms with van der Waals surface area (Å²) >= 11 is 7.75. The van der Waals surface area contributed by atoms with Crippen LogP contribution in [0.1, 0.15) is 36.6 Å². The van der Waals surface area contributed by atoms with Gasteiger partial charge in [0.05, 0.1) is 0 Å². The molecule has 23 heavy (non-hydrogen) atoms. The molecule has 2 aromatic rings. The first-order valence-electron chi connectivity index (χ1n) is 7.68. The third-order valence-electron chi connectivity index (χ3n) is 4.63. The Balaban J connectivity index is 2.16. The van der Waals surface area contributed by atoms with E-state index in [-0.39, 0.29) is 5.41 Å². The summed E-state index contributed by atoms with van der Waals surface area (Å²) in [5, 5.41) is 4.79. The Labute approximate surface area is 164 Å². The van der Waals surface area contributed by atoms with Crippen LogP contribution < -0.4 is 26.9 Å². The first-order chi connectivity index (χ1) is 10.8. The van der Waals surface area contributed by atoms with Gasteiger partial charge in [-0.2, -0.15) is 0 Å². The Morgan fingerprint density at radius 1 is 1.17 bits per heavy atom. The minimum atomic E-state index is 0.175. The number of aromatic nitrogens is 2. The third kappa shape index (κ3) is 3.23. The van der Waals surface area contributed by atoms with Crippen LogP contribution in [0.5, 0.6) is 0 Å². The number of nitrogens with zero attached hydrogens (tertiary/aromatic N) is 2. The Kier molecular flexibility index (Phi) is 5.14. The second-order valence-electron chi connectivity index (χ2n) is 6.46. The molecule has 1 aromatic carbocycles. The van der Waals surface area contributed by atoms with Crippen molar-refractivity contribution in [2.45, 2.75) is 39.0 Å². The number of rotatable bonds is 2. The van der Waals surface area contributed by atoms with Crippen LogP contribution in [-0.4, -0.2) is 18.6 Å². The fourth-order valence-electron chi connectivity index (χ4n) is 3.38. The predicted molar refractivity (Wildman–Crippen MR) is 99.2 cm³/mol. The summed E-state index contributed by atoms with van der Waals surface area (Å²) < 4.78 is 6.68. The molecule has 0 saturated carbocycles. The van der Waals surface area contributed by atoms with Crippen LogP contribution in [0.3, 0.4) is 0 Å². The zero-order valence-corrected chi connectivity index (χ0v) is 18.9. The topological polar surface area (TPSA) is 43.8 Å². The Bertz CT molecular complexity index is 726. The number of hydrogen-bond acceptors (Lipinski definition) is 2. The summed E-state index contributed by atoms with van der Waals surface area (Å²) in [5.74, 6) is 0.787. The van der Waals surface area contributed by atoms with E-state index in [1.54, 1.807) is 0 Å². The van der Waals surface area contributed by atoms with Crippen molar-refractivity contribution in [1.29, 1.82) is 0 Å². The molecular weight excluding hydrogens is 533 g/mol. The van der Waals surface area contributed by atoms with Gasteiger partial charge in [0.2, 0.25) is 0 Å². The summed E-state index contributed by atoms with van der Waals surface area (Å²) in [5.41, 5.74) is 11.3. The van der Waals surface area contributed by atoms with Crippen molar-refractivity contribution >= 4 is 37.7 Å². The third-order valence-corrected chi connectivity index (χ3v) is 8.45. The van der Waals surface area contributed by atoms with Crippen molar-refractivity contribution in [3.8, 4) is 5.69 Å². The van der Waals surface area contributed by atoms with Crippen LogP contribution >= 0.6 is 31.9 Å². The van der Waals surface area contributed by atoms with E-state index in [4.69, 9.17) is 10.8 Å². The van der Waals surface area contributed by atoms with Gasteiger partial charge < -0.3 is 0 Å². The standard InChI is InChI=1S/C17H21Br2IN3/c1-10-8-12(18)15(13(19)9-10)23-16(21)14(11(2)22-23)17(3)4-6-20-7-5-17/h8-9H,4-7,21H2,1-3H3/q-1. The van der Waals surface area contributed by atoms with E-state index < -0.39 is 0 Å². The quantitative estimate of drug-likeness (QED) is 0.455. The number of halogens is 3. The van der Waals surface area contributed by atoms with Gasteiger partial charge in [-0.25, -0.2) is 0 Å². The van der Waals surface area contributed by atoms with Gasteiger partial charge >= 0.3 is 166 Å². The van der Waals surface area contributed by atoms with E-state index in [0.29, 0.717) is 21.2 Å². The monoisotopic (exact) mass is 552 g/mol. The second-order valence-corrected chi connectivity index (χ2v) is 11.4. The van der Waals surface area contributed by atoms with Crippen LogP contribution in [0.15, 0.2) is 21.1 Å². The second kappa shape index (κ2) is 6.67. The number of nitrogen functional groups attached to an aromatic ring is 1. The summed E-state index contributed by atoms with van der Waals surface area (Å²) in [4.78, 5) is 0. The zero-order valence-electron chi connectivity index (χ0n) is 13.6.